The van der Waals surface area contributed by atoms with Crippen LogP contribution in [0.5, 0.6) is 0 Å². The molecule has 0 heterocycles. The van der Waals surface area contributed by atoms with Gasteiger partial charge in [-0.3, -0.25) is 4.79 Å². The van der Waals surface area contributed by atoms with E-state index in [0.717, 1.165) is 5.56 Å². The molecule has 1 amide bonds. The maximum absolute atomic E-state index is 12.4. The fourth-order valence-electron chi connectivity index (χ4n) is 1.94. The van der Waals surface area contributed by atoms with Crippen LogP contribution in [-0.4, -0.2) is 34.3 Å². The summed E-state index contributed by atoms with van der Waals surface area (Å²) >= 11 is 1.69. The lowest BCUT2D eigenvalue weighted by Crippen LogP contribution is -2.44. The molecule has 0 radical (unpaired) electrons. The molecule has 0 aromatic heterocycles. The van der Waals surface area contributed by atoms with Gasteiger partial charge in [-0.2, -0.15) is 0 Å². The highest BCUT2D eigenvalue weighted by molar-refractivity contribution is 7.98. The molecule has 1 atom stereocenters. The Bertz CT molecular complexity index is 446. The molecule has 0 fully saturated rings. The normalized spacial score (nSPS) is 12.8. The van der Waals surface area contributed by atoms with Crippen LogP contribution in [0.3, 0.4) is 0 Å². The third-order valence-corrected chi connectivity index (χ3v) is 4.00. The van der Waals surface area contributed by atoms with E-state index in [1.807, 2.05) is 46.1 Å². The van der Waals surface area contributed by atoms with Crippen LogP contribution in [0.2, 0.25) is 0 Å². The molecule has 0 bridgehead atoms. The monoisotopic (exact) mass is 295 g/mol. The highest BCUT2D eigenvalue weighted by Crippen LogP contribution is 2.19. The first-order valence-corrected chi connectivity index (χ1v) is 8.20. The summed E-state index contributed by atoms with van der Waals surface area (Å²) in [6, 6.07) is 8.23. The summed E-state index contributed by atoms with van der Waals surface area (Å²) in [6.45, 7) is 8.20. The van der Waals surface area contributed by atoms with Crippen LogP contribution < -0.4 is 0 Å². The third kappa shape index (κ3) is 4.53. The summed E-state index contributed by atoms with van der Waals surface area (Å²) in [5.74, 6) is -0.258. The summed E-state index contributed by atoms with van der Waals surface area (Å²) in [6.07, 6.45) is 1.11. The second kappa shape index (κ2) is 7.70. The standard InChI is InChI=1S/C16H25NO2S/c1-11(2)15(18)16(19)17(12(3)4)10-13-7-6-8-14(9-13)20-5/h6-9,11-12,15,18H,10H2,1-5H3. The minimum Gasteiger partial charge on any atom is -0.383 e. The number of benzene rings is 1. The Morgan fingerprint density at radius 3 is 2.45 bits per heavy atom. The van der Waals surface area contributed by atoms with Crippen molar-refractivity contribution < 1.29 is 9.90 Å². The number of carbonyl (C=O) groups is 1. The Morgan fingerprint density at radius 1 is 1.30 bits per heavy atom. The minimum absolute atomic E-state index is 0.0637. The molecular weight excluding hydrogens is 270 g/mol. The van der Waals surface area contributed by atoms with Crippen molar-refractivity contribution in [1.29, 1.82) is 0 Å². The first-order valence-electron chi connectivity index (χ1n) is 6.98. The zero-order chi connectivity index (χ0) is 15.3. The van der Waals surface area contributed by atoms with E-state index >= 15 is 0 Å². The lowest BCUT2D eigenvalue weighted by atomic mass is 10.0. The predicted octanol–water partition coefficient (Wildman–Crippen LogP) is 3.16. The molecule has 4 heteroatoms. The van der Waals surface area contributed by atoms with E-state index < -0.39 is 6.10 Å². The summed E-state index contributed by atoms with van der Waals surface area (Å²) in [4.78, 5) is 15.3. The molecule has 3 nitrogen and oxygen atoms in total. The molecule has 1 unspecified atom stereocenters. The Balaban J connectivity index is 2.89. The van der Waals surface area contributed by atoms with Crippen molar-refractivity contribution in [1.82, 2.24) is 4.90 Å². The molecule has 0 aliphatic carbocycles. The highest BCUT2D eigenvalue weighted by Gasteiger charge is 2.26. The maximum atomic E-state index is 12.4. The number of hydrogen-bond donors (Lipinski definition) is 1. The Morgan fingerprint density at radius 2 is 1.95 bits per heavy atom. The van der Waals surface area contributed by atoms with Gasteiger partial charge in [-0.05, 0) is 43.7 Å². The molecule has 0 aliphatic heterocycles. The van der Waals surface area contributed by atoms with E-state index in [-0.39, 0.29) is 17.9 Å². The van der Waals surface area contributed by atoms with E-state index in [1.54, 1.807) is 16.7 Å². The van der Waals surface area contributed by atoms with Crippen LogP contribution >= 0.6 is 11.8 Å². The molecule has 1 N–H and O–H groups in total. The van der Waals surface area contributed by atoms with E-state index in [9.17, 15) is 9.90 Å². The van der Waals surface area contributed by atoms with E-state index in [1.165, 1.54) is 4.90 Å². The summed E-state index contributed by atoms with van der Waals surface area (Å²) in [5, 5.41) is 10.00. The molecule has 0 saturated carbocycles. The van der Waals surface area contributed by atoms with Crippen LogP contribution in [0.15, 0.2) is 29.2 Å². The first-order chi connectivity index (χ1) is 9.36. The number of rotatable bonds is 6. The van der Waals surface area contributed by atoms with Crippen molar-refractivity contribution in [2.75, 3.05) is 6.26 Å². The summed E-state index contributed by atoms with van der Waals surface area (Å²) < 4.78 is 0. The Kier molecular flexibility index (Phi) is 6.56. The molecule has 1 aromatic carbocycles. The van der Waals surface area contributed by atoms with Crippen molar-refractivity contribution in [2.24, 2.45) is 5.92 Å². The topological polar surface area (TPSA) is 40.5 Å². The zero-order valence-corrected chi connectivity index (χ0v) is 13.8. The Labute approximate surface area is 126 Å². The van der Waals surface area contributed by atoms with Crippen LogP contribution in [0, 0.1) is 5.92 Å². The van der Waals surface area contributed by atoms with Gasteiger partial charge < -0.3 is 10.0 Å². The fourth-order valence-corrected chi connectivity index (χ4v) is 2.42. The van der Waals surface area contributed by atoms with E-state index in [2.05, 4.69) is 12.1 Å². The van der Waals surface area contributed by atoms with E-state index in [4.69, 9.17) is 0 Å². The number of aliphatic hydroxyl groups is 1. The molecule has 112 valence electrons. The van der Waals surface area contributed by atoms with Crippen molar-refractivity contribution in [2.45, 2.75) is 51.3 Å². The number of nitrogens with zero attached hydrogens (tertiary/aromatic N) is 1. The largest absolute Gasteiger partial charge is 0.383 e. The minimum atomic E-state index is -0.930. The van der Waals surface area contributed by atoms with Crippen LogP contribution in [0.4, 0.5) is 0 Å². The lowest BCUT2D eigenvalue weighted by molar-refractivity contribution is -0.144. The summed E-state index contributed by atoms with van der Waals surface area (Å²) in [5.41, 5.74) is 1.09. The molecule has 0 saturated heterocycles. The van der Waals surface area contributed by atoms with Gasteiger partial charge in [0, 0.05) is 17.5 Å². The van der Waals surface area contributed by atoms with Crippen molar-refractivity contribution in [3.05, 3.63) is 29.8 Å². The average molecular weight is 295 g/mol. The van der Waals surface area contributed by atoms with Gasteiger partial charge in [0.05, 0.1) is 0 Å². The number of thioether (sulfide) groups is 1. The lowest BCUT2D eigenvalue weighted by Gasteiger charge is -2.30. The van der Waals surface area contributed by atoms with Gasteiger partial charge in [0.1, 0.15) is 6.10 Å². The van der Waals surface area contributed by atoms with Gasteiger partial charge in [0.15, 0.2) is 0 Å². The fraction of sp³-hybridized carbons (Fsp3) is 0.562. The molecule has 1 aromatic rings. The second-order valence-electron chi connectivity index (χ2n) is 5.60. The smallest absolute Gasteiger partial charge is 0.252 e. The number of carbonyl (C=O) groups excluding carboxylic acids is 1. The molecule has 1 rings (SSSR count). The van der Waals surface area contributed by atoms with Crippen LogP contribution in [-0.2, 0) is 11.3 Å². The van der Waals surface area contributed by atoms with E-state index in [0.29, 0.717) is 6.54 Å². The SMILES string of the molecule is CSc1cccc(CN(C(=O)C(O)C(C)C)C(C)C)c1. The molecular formula is C16H25NO2S. The molecule has 20 heavy (non-hydrogen) atoms. The highest BCUT2D eigenvalue weighted by atomic mass is 32.2. The first kappa shape index (κ1) is 17.1. The van der Waals surface area contributed by atoms with Crippen molar-refractivity contribution >= 4 is 17.7 Å². The number of aliphatic hydroxyl groups excluding tert-OH is 1. The van der Waals surface area contributed by atoms with Gasteiger partial charge in [0.2, 0.25) is 0 Å². The third-order valence-electron chi connectivity index (χ3n) is 3.28. The van der Waals surface area contributed by atoms with Gasteiger partial charge in [-0.25, -0.2) is 0 Å². The molecule has 0 aliphatic rings. The predicted molar refractivity (Wildman–Crippen MR) is 84.8 cm³/mol. The average Bonchev–Trinajstić information content (AvgIpc) is 2.43. The van der Waals surface area contributed by atoms with Gasteiger partial charge >= 0.3 is 0 Å². The number of amides is 1. The Hall–Kier alpha value is -1.00. The van der Waals surface area contributed by atoms with Crippen molar-refractivity contribution in [3.8, 4) is 0 Å². The second-order valence-corrected chi connectivity index (χ2v) is 6.48. The molecule has 0 spiro atoms. The van der Waals surface area contributed by atoms with Gasteiger partial charge in [0.25, 0.3) is 5.91 Å². The van der Waals surface area contributed by atoms with Crippen LogP contribution in [0.25, 0.3) is 0 Å². The number of hydrogen-bond acceptors (Lipinski definition) is 3. The van der Waals surface area contributed by atoms with Gasteiger partial charge in [-0.1, -0.05) is 26.0 Å². The maximum Gasteiger partial charge on any atom is 0.252 e. The van der Waals surface area contributed by atoms with Crippen LogP contribution in [0.1, 0.15) is 33.3 Å². The van der Waals surface area contributed by atoms with Crippen molar-refractivity contribution in [3.63, 3.8) is 0 Å². The quantitative estimate of drug-likeness (QED) is 0.820. The van der Waals surface area contributed by atoms with Gasteiger partial charge in [-0.15, -0.1) is 11.8 Å². The zero-order valence-electron chi connectivity index (χ0n) is 13.0. The summed E-state index contributed by atoms with van der Waals surface area (Å²) in [7, 11) is 0.